The van der Waals surface area contributed by atoms with E-state index in [0.717, 1.165) is 19.4 Å². The predicted molar refractivity (Wildman–Crippen MR) is 37.5 cm³/mol. The molecule has 52 valence electrons. The van der Waals surface area contributed by atoms with Gasteiger partial charge >= 0.3 is 0 Å². The SMILES string of the molecule is CSC(=O)C1CCCO1. The van der Waals surface area contributed by atoms with Gasteiger partial charge in [-0.3, -0.25) is 4.79 Å². The monoisotopic (exact) mass is 146 g/mol. The molecule has 9 heavy (non-hydrogen) atoms. The standard InChI is InChI=1S/C6H10O2S/c1-9-6(7)5-3-2-4-8-5/h5H,2-4H2,1H3. The molecule has 1 heterocycles. The Labute approximate surface area is 59.0 Å². The molecule has 0 aromatic heterocycles. The highest BCUT2D eigenvalue weighted by Gasteiger charge is 2.21. The second-order valence-electron chi connectivity index (χ2n) is 2.02. The van der Waals surface area contributed by atoms with Gasteiger partial charge in [-0.1, -0.05) is 11.8 Å². The Kier molecular flexibility index (Phi) is 2.54. The molecule has 1 aliphatic rings. The molecule has 0 radical (unpaired) electrons. The van der Waals surface area contributed by atoms with E-state index in [1.165, 1.54) is 11.8 Å². The summed E-state index contributed by atoms with van der Waals surface area (Å²) in [5.74, 6) is 0. The van der Waals surface area contributed by atoms with Crippen LogP contribution in [0.3, 0.4) is 0 Å². The Morgan fingerprint density at radius 2 is 2.56 bits per heavy atom. The fourth-order valence-corrected chi connectivity index (χ4v) is 1.34. The van der Waals surface area contributed by atoms with Crippen molar-refractivity contribution in [3.05, 3.63) is 0 Å². The molecular formula is C6H10O2S. The summed E-state index contributed by atoms with van der Waals surface area (Å²) >= 11 is 1.26. The molecule has 1 rings (SSSR count). The van der Waals surface area contributed by atoms with Crippen LogP contribution >= 0.6 is 11.8 Å². The lowest BCUT2D eigenvalue weighted by Gasteiger charge is -2.02. The third-order valence-corrected chi connectivity index (χ3v) is 2.06. The van der Waals surface area contributed by atoms with Gasteiger partial charge in [-0.2, -0.15) is 0 Å². The molecule has 0 aliphatic carbocycles. The molecule has 2 nitrogen and oxygen atoms in total. The topological polar surface area (TPSA) is 26.3 Å². The van der Waals surface area contributed by atoms with Gasteiger partial charge in [0.25, 0.3) is 0 Å². The van der Waals surface area contributed by atoms with Crippen LogP contribution in [0.2, 0.25) is 0 Å². The van der Waals surface area contributed by atoms with Crippen LogP contribution < -0.4 is 0 Å². The van der Waals surface area contributed by atoms with Crippen LogP contribution in [0.15, 0.2) is 0 Å². The maximum absolute atomic E-state index is 10.9. The third-order valence-electron chi connectivity index (χ3n) is 1.39. The van der Waals surface area contributed by atoms with Crippen LogP contribution in [0, 0.1) is 0 Å². The zero-order valence-electron chi connectivity index (χ0n) is 5.42. The Bertz CT molecular complexity index is 108. The molecule has 0 aromatic carbocycles. The minimum atomic E-state index is -0.0972. The Balaban J connectivity index is 2.32. The highest BCUT2D eigenvalue weighted by Crippen LogP contribution is 2.16. The third kappa shape index (κ3) is 1.69. The summed E-state index contributed by atoms with van der Waals surface area (Å²) in [5.41, 5.74) is 0. The molecule has 1 atom stereocenters. The highest BCUT2D eigenvalue weighted by molar-refractivity contribution is 8.13. The fraction of sp³-hybridized carbons (Fsp3) is 0.833. The second-order valence-corrected chi connectivity index (χ2v) is 2.84. The van der Waals surface area contributed by atoms with Crippen molar-refractivity contribution in [3.8, 4) is 0 Å². The van der Waals surface area contributed by atoms with Crippen molar-refractivity contribution in [2.45, 2.75) is 18.9 Å². The zero-order chi connectivity index (χ0) is 6.69. The van der Waals surface area contributed by atoms with E-state index in [0.29, 0.717) is 0 Å². The molecule has 0 aromatic rings. The van der Waals surface area contributed by atoms with E-state index in [1.54, 1.807) is 6.26 Å². The molecule has 0 spiro atoms. The zero-order valence-corrected chi connectivity index (χ0v) is 6.24. The van der Waals surface area contributed by atoms with Crippen molar-refractivity contribution >= 4 is 16.9 Å². The van der Waals surface area contributed by atoms with E-state index in [-0.39, 0.29) is 11.2 Å². The summed E-state index contributed by atoms with van der Waals surface area (Å²) in [4.78, 5) is 10.9. The van der Waals surface area contributed by atoms with Crippen LogP contribution in [0.5, 0.6) is 0 Å². The van der Waals surface area contributed by atoms with Crippen molar-refractivity contribution < 1.29 is 9.53 Å². The van der Waals surface area contributed by atoms with Gasteiger partial charge in [0.05, 0.1) is 0 Å². The number of rotatable bonds is 1. The van der Waals surface area contributed by atoms with Crippen molar-refractivity contribution in [1.29, 1.82) is 0 Å². The summed E-state index contributed by atoms with van der Waals surface area (Å²) in [7, 11) is 0. The van der Waals surface area contributed by atoms with Crippen LogP contribution in [0.25, 0.3) is 0 Å². The second kappa shape index (κ2) is 3.22. The van der Waals surface area contributed by atoms with Gasteiger partial charge in [-0.25, -0.2) is 0 Å². The molecule has 0 amide bonds. The normalized spacial score (nSPS) is 26.6. The first kappa shape index (κ1) is 7.09. The first-order valence-corrected chi connectivity index (χ1v) is 4.26. The lowest BCUT2D eigenvalue weighted by Crippen LogP contribution is -2.14. The quantitative estimate of drug-likeness (QED) is 0.553. The molecular weight excluding hydrogens is 136 g/mol. The first-order valence-electron chi connectivity index (χ1n) is 3.04. The minimum Gasteiger partial charge on any atom is -0.369 e. The van der Waals surface area contributed by atoms with Gasteiger partial charge < -0.3 is 4.74 Å². The van der Waals surface area contributed by atoms with Crippen molar-refractivity contribution in [3.63, 3.8) is 0 Å². The summed E-state index contributed by atoms with van der Waals surface area (Å²) in [6.45, 7) is 0.761. The molecule has 0 bridgehead atoms. The number of ether oxygens (including phenoxy) is 1. The van der Waals surface area contributed by atoms with Crippen LogP contribution in [-0.4, -0.2) is 24.1 Å². The van der Waals surface area contributed by atoms with E-state index >= 15 is 0 Å². The average molecular weight is 146 g/mol. The summed E-state index contributed by atoms with van der Waals surface area (Å²) < 4.78 is 5.14. The largest absolute Gasteiger partial charge is 0.369 e. The van der Waals surface area contributed by atoms with Crippen LogP contribution in [0.4, 0.5) is 0 Å². The highest BCUT2D eigenvalue weighted by atomic mass is 32.2. The molecule has 0 N–H and O–H groups in total. The van der Waals surface area contributed by atoms with Crippen LogP contribution in [0.1, 0.15) is 12.8 Å². The number of carbonyl (C=O) groups excluding carboxylic acids is 1. The van der Waals surface area contributed by atoms with Crippen molar-refractivity contribution in [1.82, 2.24) is 0 Å². The Morgan fingerprint density at radius 3 is 3.00 bits per heavy atom. The van der Waals surface area contributed by atoms with Gasteiger partial charge in [0.2, 0.25) is 5.12 Å². The van der Waals surface area contributed by atoms with Crippen LogP contribution in [-0.2, 0) is 9.53 Å². The van der Waals surface area contributed by atoms with Gasteiger partial charge in [0, 0.05) is 6.61 Å². The fourth-order valence-electron chi connectivity index (χ4n) is 0.895. The average Bonchev–Trinajstić information content (AvgIpc) is 2.37. The molecule has 1 saturated heterocycles. The van der Waals surface area contributed by atoms with Gasteiger partial charge in [-0.05, 0) is 19.1 Å². The Morgan fingerprint density at radius 1 is 1.78 bits per heavy atom. The minimum absolute atomic E-state index is 0.0972. The smallest absolute Gasteiger partial charge is 0.217 e. The van der Waals surface area contributed by atoms with E-state index in [2.05, 4.69) is 0 Å². The molecule has 0 saturated carbocycles. The lowest BCUT2D eigenvalue weighted by molar-refractivity contribution is -0.118. The number of hydrogen-bond acceptors (Lipinski definition) is 3. The Hall–Kier alpha value is -0.0200. The molecule has 3 heteroatoms. The molecule has 1 aliphatic heterocycles. The predicted octanol–water partition coefficient (Wildman–Crippen LogP) is 1.05. The first-order chi connectivity index (χ1) is 4.34. The summed E-state index contributed by atoms with van der Waals surface area (Å²) in [5, 5.41) is 0.174. The lowest BCUT2D eigenvalue weighted by atomic mass is 10.3. The summed E-state index contributed by atoms with van der Waals surface area (Å²) in [6, 6.07) is 0. The van der Waals surface area contributed by atoms with Gasteiger partial charge in [0.1, 0.15) is 6.10 Å². The van der Waals surface area contributed by atoms with E-state index in [1.807, 2.05) is 0 Å². The van der Waals surface area contributed by atoms with E-state index < -0.39 is 0 Å². The van der Waals surface area contributed by atoms with Crippen molar-refractivity contribution in [2.75, 3.05) is 12.9 Å². The van der Waals surface area contributed by atoms with E-state index in [4.69, 9.17) is 4.74 Å². The molecule has 1 fully saturated rings. The van der Waals surface area contributed by atoms with Gasteiger partial charge in [0.15, 0.2) is 0 Å². The number of hydrogen-bond donors (Lipinski definition) is 0. The van der Waals surface area contributed by atoms with E-state index in [9.17, 15) is 4.79 Å². The molecule has 1 unspecified atom stereocenters. The maximum atomic E-state index is 10.9. The number of thioether (sulfide) groups is 1. The van der Waals surface area contributed by atoms with Crippen molar-refractivity contribution in [2.24, 2.45) is 0 Å². The summed E-state index contributed by atoms with van der Waals surface area (Å²) in [6.07, 6.45) is 3.65. The maximum Gasteiger partial charge on any atom is 0.217 e. The van der Waals surface area contributed by atoms with Gasteiger partial charge in [-0.15, -0.1) is 0 Å². The number of carbonyl (C=O) groups is 1.